The first-order valence-electron chi connectivity index (χ1n) is 13.2. The summed E-state index contributed by atoms with van der Waals surface area (Å²) in [5.74, 6) is 0.707. The molecule has 2 aromatic carbocycles. The lowest BCUT2D eigenvalue weighted by atomic mass is 9.97. The highest BCUT2D eigenvalue weighted by atomic mass is 32.1. The average molecular weight is 562 g/mol. The lowest BCUT2D eigenvalue weighted by Crippen LogP contribution is -2.42. The van der Waals surface area contributed by atoms with Crippen LogP contribution in [0.15, 0.2) is 52.1 Å². The number of anilines is 1. The number of rotatable bonds is 9. The van der Waals surface area contributed by atoms with E-state index in [9.17, 15) is 19.2 Å². The van der Waals surface area contributed by atoms with Crippen LogP contribution in [-0.2, 0) is 37.1 Å². The molecule has 0 atom stereocenters. The molecule has 40 heavy (non-hydrogen) atoms. The van der Waals surface area contributed by atoms with E-state index in [0.29, 0.717) is 39.4 Å². The van der Waals surface area contributed by atoms with Crippen molar-refractivity contribution in [3.8, 4) is 11.5 Å². The van der Waals surface area contributed by atoms with E-state index in [1.807, 2.05) is 12.1 Å². The Kier molecular flexibility index (Phi) is 7.88. The number of aromatic nitrogens is 2. The first-order chi connectivity index (χ1) is 19.3. The monoisotopic (exact) mass is 561 g/mol. The minimum Gasteiger partial charge on any atom is -0.493 e. The molecule has 0 unspecified atom stereocenters. The van der Waals surface area contributed by atoms with Crippen molar-refractivity contribution in [3.05, 3.63) is 84.9 Å². The second-order valence-electron chi connectivity index (χ2n) is 9.84. The van der Waals surface area contributed by atoms with E-state index in [1.165, 1.54) is 27.4 Å². The number of thiophene rings is 1. The number of aryl methyl sites for hydroxylation is 3. The van der Waals surface area contributed by atoms with Crippen molar-refractivity contribution in [3.63, 3.8) is 0 Å². The van der Waals surface area contributed by atoms with Gasteiger partial charge in [-0.2, -0.15) is 0 Å². The second kappa shape index (κ2) is 11.5. The van der Waals surface area contributed by atoms with Crippen LogP contribution in [0.3, 0.4) is 0 Å². The first kappa shape index (κ1) is 27.4. The van der Waals surface area contributed by atoms with Gasteiger partial charge in [-0.1, -0.05) is 6.07 Å². The van der Waals surface area contributed by atoms with Gasteiger partial charge in [-0.25, -0.2) is 4.79 Å². The van der Waals surface area contributed by atoms with Crippen LogP contribution in [0.25, 0.3) is 10.2 Å². The van der Waals surface area contributed by atoms with E-state index in [1.54, 1.807) is 44.6 Å². The summed E-state index contributed by atoms with van der Waals surface area (Å²) in [6.45, 7) is 1.40. The number of hydrogen-bond acceptors (Lipinski definition) is 7. The largest absolute Gasteiger partial charge is 0.493 e. The van der Waals surface area contributed by atoms with Crippen molar-refractivity contribution in [2.45, 2.75) is 52.1 Å². The van der Waals surface area contributed by atoms with Crippen LogP contribution in [0, 0.1) is 0 Å². The smallest absolute Gasteiger partial charge is 0.332 e. The van der Waals surface area contributed by atoms with Gasteiger partial charge in [0.15, 0.2) is 17.3 Å². The van der Waals surface area contributed by atoms with Gasteiger partial charge in [-0.3, -0.25) is 23.5 Å². The molecule has 2 aromatic heterocycles. The molecule has 9 nitrogen and oxygen atoms in total. The van der Waals surface area contributed by atoms with Crippen molar-refractivity contribution in [1.82, 2.24) is 9.13 Å². The summed E-state index contributed by atoms with van der Waals surface area (Å²) in [5.41, 5.74) is 2.13. The van der Waals surface area contributed by atoms with Gasteiger partial charge in [0, 0.05) is 22.7 Å². The molecule has 4 aromatic rings. The maximum atomic E-state index is 13.7. The number of hydrogen-bond donors (Lipinski definition) is 1. The Morgan fingerprint density at radius 1 is 0.950 bits per heavy atom. The second-order valence-corrected chi connectivity index (χ2v) is 10.9. The lowest BCUT2D eigenvalue weighted by Gasteiger charge is -2.14. The van der Waals surface area contributed by atoms with Crippen LogP contribution in [-0.4, -0.2) is 35.0 Å². The normalized spacial score (nSPS) is 12.7. The molecule has 0 saturated carbocycles. The molecule has 0 aliphatic heterocycles. The van der Waals surface area contributed by atoms with Gasteiger partial charge in [0.05, 0.1) is 19.6 Å². The summed E-state index contributed by atoms with van der Waals surface area (Å²) < 4.78 is 13.4. The van der Waals surface area contributed by atoms with E-state index < -0.39 is 11.6 Å². The number of benzene rings is 2. The predicted octanol–water partition coefficient (Wildman–Crippen LogP) is 4.20. The fourth-order valence-corrected chi connectivity index (χ4v) is 6.54. The van der Waals surface area contributed by atoms with Crippen molar-refractivity contribution < 1.29 is 19.1 Å². The Labute approximate surface area is 235 Å². The van der Waals surface area contributed by atoms with Crippen molar-refractivity contribution in [2.75, 3.05) is 19.5 Å². The number of ether oxygens (including phenoxy) is 2. The zero-order valence-corrected chi connectivity index (χ0v) is 23.6. The molecule has 0 spiro atoms. The third kappa shape index (κ3) is 5.31. The summed E-state index contributed by atoms with van der Waals surface area (Å²) in [7, 11) is 3.12. The molecule has 1 amide bonds. The molecule has 1 N–H and O–H groups in total. The number of methoxy groups -OCH3 is 2. The van der Waals surface area contributed by atoms with Gasteiger partial charge < -0.3 is 14.8 Å². The standard InChI is InChI=1S/C30H31N3O6S/c1-18(34)20-9-11-21(12-10-20)31-26(35)17-33-29-27(22-6-4-5-7-25(22)40-29)28(36)32(30(33)37)15-14-19-8-13-23(38-2)24(16-19)39-3/h8-13,16H,4-7,14-15,17H2,1-3H3,(H,31,35). The summed E-state index contributed by atoms with van der Waals surface area (Å²) in [5, 5.41) is 3.35. The molecule has 0 bridgehead atoms. The zero-order chi connectivity index (χ0) is 28.4. The average Bonchev–Trinajstić information content (AvgIpc) is 3.35. The molecule has 0 saturated heterocycles. The summed E-state index contributed by atoms with van der Waals surface area (Å²) >= 11 is 1.44. The zero-order valence-electron chi connectivity index (χ0n) is 22.7. The Morgan fingerprint density at radius 3 is 2.38 bits per heavy atom. The molecular weight excluding hydrogens is 530 g/mol. The highest BCUT2D eigenvalue weighted by Crippen LogP contribution is 2.34. The van der Waals surface area contributed by atoms with Gasteiger partial charge in [0.25, 0.3) is 5.56 Å². The van der Waals surface area contributed by atoms with Crippen LogP contribution < -0.4 is 26.0 Å². The van der Waals surface area contributed by atoms with Gasteiger partial charge >= 0.3 is 5.69 Å². The van der Waals surface area contributed by atoms with Gasteiger partial charge in [0.1, 0.15) is 11.4 Å². The topological polar surface area (TPSA) is 109 Å². The van der Waals surface area contributed by atoms with Crippen LogP contribution in [0.2, 0.25) is 0 Å². The number of fused-ring (bicyclic) bond motifs is 3. The molecule has 1 aliphatic carbocycles. The maximum absolute atomic E-state index is 13.7. The molecule has 5 rings (SSSR count). The Hall–Kier alpha value is -4.18. The molecule has 1 aliphatic rings. The van der Waals surface area contributed by atoms with Gasteiger partial charge in [-0.15, -0.1) is 11.3 Å². The Morgan fingerprint density at radius 2 is 1.68 bits per heavy atom. The van der Waals surface area contributed by atoms with Gasteiger partial charge in [-0.05, 0) is 86.6 Å². The number of carbonyl (C=O) groups excluding carboxylic acids is 2. The van der Waals surface area contributed by atoms with Crippen LogP contribution in [0.4, 0.5) is 5.69 Å². The lowest BCUT2D eigenvalue weighted by molar-refractivity contribution is -0.116. The third-order valence-corrected chi connectivity index (χ3v) is 8.58. The first-order valence-corrected chi connectivity index (χ1v) is 14.0. The van der Waals surface area contributed by atoms with E-state index in [4.69, 9.17) is 9.47 Å². The third-order valence-electron chi connectivity index (χ3n) is 7.27. The fraction of sp³-hybridized carbons (Fsp3) is 0.333. The summed E-state index contributed by atoms with van der Waals surface area (Å²) in [6.07, 6.45) is 4.09. The number of amides is 1. The Bertz CT molecular complexity index is 1710. The molecule has 10 heteroatoms. The SMILES string of the molecule is COc1ccc(CCn2c(=O)c3c4c(sc3n(CC(=O)Nc3ccc(C(C)=O)cc3)c2=O)CCCC4)cc1OC. The van der Waals surface area contributed by atoms with E-state index in [-0.39, 0.29) is 24.4 Å². The van der Waals surface area contributed by atoms with E-state index in [0.717, 1.165) is 41.7 Å². The fourth-order valence-electron chi connectivity index (χ4n) is 5.16. The number of Topliss-reactive ketones (excluding diaryl/α,β-unsaturated/α-hetero) is 1. The molecule has 0 radical (unpaired) electrons. The van der Waals surface area contributed by atoms with Crippen molar-refractivity contribution in [2.24, 2.45) is 0 Å². The summed E-state index contributed by atoms with van der Waals surface area (Å²) in [6, 6.07) is 12.1. The quantitative estimate of drug-likeness (QED) is 0.307. The minimum absolute atomic E-state index is 0.0659. The highest BCUT2D eigenvalue weighted by Gasteiger charge is 2.24. The summed E-state index contributed by atoms with van der Waals surface area (Å²) in [4.78, 5) is 53.8. The molecule has 208 valence electrons. The minimum atomic E-state index is -0.515. The van der Waals surface area contributed by atoms with E-state index >= 15 is 0 Å². The molecule has 2 heterocycles. The number of ketones is 1. The number of carbonyl (C=O) groups is 2. The number of nitrogens with zero attached hydrogens (tertiary/aromatic N) is 2. The van der Waals surface area contributed by atoms with Crippen molar-refractivity contribution >= 4 is 38.9 Å². The highest BCUT2D eigenvalue weighted by molar-refractivity contribution is 7.18. The van der Waals surface area contributed by atoms with Crippen LogP contribution in [0.1, 0.15) is 46.1 Å². The van der Waals surface area contributed by atoms with Crippen molar-refractivity contribution in [1.29, 1.82) is 0 Å². The maximum Gasteiger partial charge on any atom is 0.332 e. The number of nitrogens with one attached hydrogen (secondary N) is 1. The predicted molar refractivity (Wildman–Crippen MR) is 155 cm³/mol. The van der Waals surface area contributed by atoms with Crippen LogP contribution >= 0.6 is 11.3 Å². The Balaban J connectivity index is 1.50. The molecular formula is C30H31N3O6S. The molecule has 0 fully saturated rings. The van der Waals surface area contributed by atoms with E-state index in [2.05, 4.69) is 5.32 Å². The van der Waals surface area contributed by atoms with Gasteiger partial charge in [0.2, 0.25) is 5.91 Å². The van der Waals surface area contributed by atoms with Crippen LogP contribution in [0.5, 0.6) is 11.5 Å².